The van der Waals surface area contributed by atoms with Crippen LogP contribution in [0.1, 0.15) is 0 Å². The van der Waals surface area contributed by atoms with E-state index in [1.165, 1.54) is 0 Å². The Bertz CT molecular complexity index is 267. The van der Waals surface area contributed by atoms with Crippen LogP contribution in [0.25, 0.3) is 0 Å². The van der Waals surface area contributed by atoms with Gasteiger partial charge in [0.25, 0.3) is 0 Å². The fourth-order valence-corrected chi connectivity index (χ4v) is 5.05. The van der Waals surface area contributed by atoms with Crippen LogP contribution in [0.5, 0.6) is 0 Å². The summed E-state index contributed by atoms with van der Waals surface area (Å²) in [4.78, 5) is 0. The first-order valence-electron chi connectivity index (χ1n) is 3.40. The van der Waals surface area contributed by atoms with Crippen molar-refractivity contribution in [2.24, 2.45) is 0 Å². The van der Waals surface area contributed by atoms with Crippen LogP contribution in [0.4, 0.5) is 0 Å². The molecule has 5 heteroatoms. The van der Waals surface area contributed by atoms with Crippen LogP contribution in [0.15, 0.2) is 36.9 Å². The second-order valence-corrected chi connectivity index (χ2v) is 8.37. The number of aromatic nitrogens is 4. The standard InChI is InChI=1S/2C3H3N2.Hg/c2*1-2-4-5-3-1;/h2*1-3H;/q2*-1;+2. The van der Waals surface area contributed by atoms with Crippen molar-refractivity contribution in [2.75, 3.05) is 0 Å². The Morgan fingerprint density at radius 1 is 0.909 bits per heavy atom. The fourth-order valence-electron chi connectivity index (χ4n) is 0.917. The quantitative estimate of drug-likeness (QED) is 0.745. The first-order chi connectivity index (χ1) is 5.45. The van der Waals surface area contributed by atoms with E-state index in [9.17, 15) is 0 Å². The fraction of sp³-hybridized carbons (Fsp3) is 0. The summed E-state index contributed by atoms with van der Waals surface area (Å²) in [7, 11) is 0. The van der Waals surface area contributed by atoms with Crippen LogP contribution >= 0.6 is 0 Å². The van der Waals surface area contributed by atoms with Gasteiger partial charge in [-0.2, -0.15) is 0 Å². The van der Waals surface area contributed by atoms with Crippen molar-refractivity contribution in [2.45, 2.75) is 0 Å². The maximum atomic E-state index is 4.15. The minimum atomic E-state index is -1.27. The first-order valence-corrected chi connectivity index (χ1v) is 8.32. The molecule has 0 amide bonds. The van der Waals surface area contributed by atoms with E-state index < -0.39 is 25.2 Å². The monoisotopic (exact) mass is 336 g/mol. The predicted octanol–water partition coefficient (Wildman–Crippen LogP) is 0.388. The van der Waals surface area contributed by atoms with Crippen molar-refractivity contribution >= 4 is 0 Å². The second kappa shape index (κ2) is 3.17. The predicted molar refractivity (Wildman–Crippen MR) is 35.3 cm³/mol. The Labute approximate surface area is 77.1 Å². The molecule has 0 spiro atoms. The molecular formula is C6H6HgN4. The van der Waals surface area contributed by atoms with Crippen LogP contribution in [0.2, 0.25) is 0 Å². The van der Waals surface area contributed by atoms with Crippen molar-refractivity contribution in [1.29, 1.82) is 0 Å². The van der Waals surface area contributed by atoms with E-state index in [1.807, 2.05) is 41.8 Å². The summed E-state index contributed by atoms with van der Waals surface area (Å²) in [5.74, 6) is 0. The van der Waals surface area contributed by atoms with Gasteiger partial charge in [-0.1, -0.05) is 0 Å². The summed E-state index contributed by atoms with van der Waals surface area (Å²) < 4.78 is 4.07. The van der Waals surface area contributed by atoms with Crippen molar-refractivity contribution in [3.63, 3.8) is 0 Å². The molecule has 2 aromatic heterocycles. The Balaban J connectivity index is 2.14. The van der Waals surface area contributed by atoms with Gasteiger partial charge in [-0.05, 0) is 0 Å². The van der Waals surface area contributed by atoms with Gasteiger partial charge in [-0.3, -0.25) is 0 Å². The summed E-state index contributed by atoms with van der Waals surface area (Å²) in [6, 6.07) is 3.90. The Morgan fingerprint density at radius 2 is 1.45 bits per heavy atom. The SMILES string of the molecule is c1cn[n]([Hg][n]2cccn2)c1. The van der Waals surface area contributed by atoms with Gasteiger partial charge in [0, 0.05) is 0 Å². The molecular weight excluding hydrogens is 329 g/mol. The van der Waals surface area contributed by atoms with Crippen molar-refractivity contribution in [1.82, 2.24) is 15.1 Å². The van der Waals surface area contributed by atoms with E-state index in [-0.39, 0.29) is 0 Å². The van der Waals surface area contributed by atoms with Gasteiger partial charge < -0.3 is 0 Å². The van der Waals surface area contributed by atoms with E-state index in [2.05, 4.69) is 10.2 Å². The number of rotatable bonds is 2. The molecule has 0 bridgehead atoms. The van der Waals surface area contributed by atoms with Crippen LogP contribution in [0, 0.1) is 0 Å². The third-order valence-electron chi connectivity index (χ3n) is 1.41. The molecule has 2 heterocycles. The molecule has 0 atom stereocenters. The van der Waals surface area contributed by atoms with Crippen molar-refractivity contribution < 1.29 is 25.2 Å². The zero-order valence-electron chi connectivity index (χ0n) is 5.96. The third-order valence-corrected chi connectivity index (χ3v) is 6.57. The van der Waals surface area contributed by atoms with E-state index >= 15 is 0 Å². The Kier molecular flexibility index (Phi) is 2.02. The zero-order valence-corrected chi connectivity index (χ0v) is 11.5. The molecule has 11 heavy (non-hydrogen) atoms. The summed E-state index contributed by atoms with van der Waals surface area (Å²) in [5.41, 5.74) is 0. The summed E-state index contributed by atoms with van der Waals surface area (Å²) in [6.07, 6.45) is 7.62. The molecule has 0 aliphatic rings. The molecule has 52 valence electrons. The van der Waals surface area contributed by atoms with Crippen LogP contribution in [-0.4, -0.2) is 15.1 Å². The van der Waals surface area contributed by atoms with Gasteiger partial charge in [0.1, 0.15) is 0 Å². The second-order valence-electron chi connectivity index (χ2n) is 2.23. The van der Waals surface area contributed by atoms with Gasteiger partial charge in [-0.25, -0.2) is 0 Å². The molecule has 2 rings (SSSR count). The molecule has 0 saturated heterocycles. The Morgan fingerprint density at radius 3 is 1.82 bits per heavy atom. The summed E-state index contributed by atoms with van der Waals surface area (Å²) in [5, 5.41) is 8.29. The van der Waals surface area contributed by atoms with Crippen LogP contribution in [-0.2, 0) is 25.2 Å². The van der Waals surface area contributed by atoms with E-state index in [1.54, 1.807) is 0 Å². The van der Waals surface area contributed by atoms with Gasteiger partial charge in [0.15, 0.2) is 0 Å². The van der Waals surface area contributed by atoms with Crippen LogP contribution in [0.3, 0.4) is 0 Å². The Hall–Kier alpha value is -0.645. The van der Waals surface area contributed by atoms with E-state index in [0.29, 0.717) is 0 Å². The minimum absolute atomic E-state index is 1.27. The maximum absolute atomic E-state index is 4.15. The van der Waals surface area contributed by atoms with Crippen LogP contribution < -0.4 is 0 Å². The topological polar surface area (TPSA) is 35.6 Å². The molecule has 0 aliphatic heterocycles. The normalized spacial score (nSPS) is 9.45. The summed E-state index contributed by atoms with van der Waals surface area (Å²) >= 11 is -1.27. The third kappa shape index (κ3) is 1.68. The first kappa shape index (κ1) is 7.03. The molecule has 0 aromatic carbocycles. The van der Waals surface area contributed by atoms with E-state index in [4.69, 9.17) is 0 Å². The van der Waals surface area contributed by atoms with Crippen molar-refractivity contribution in [3.05, 3.63) is 36.9 Å². The number of nitrogens with zero attached hydrogens (tertiary/aromatic N) is 4. The average Bonchev–Trinajstić information content (AvgIpc) is 2.60. The number of hydrogen-bond acceptors (Lipinski definition) is 2. The van der Waals surface area contributed by atoms with E-state index in [0.717, 1.165) is 0 Å². The van der Waals surface area contributed by atoms with Gasteiger partial charge in [0.05, 0.1) is 0 Å². The molecule has 0 radical (unpaired) electrons. The van der Waals surface area contributed by atoms with Gasteiger partial charge >= 0.3 is 77.2 Å². The van der Waals surface area contributed by atoms with Crippen molar-refractivity contribution in [3.8, 4) is 0 Å². The molecule has 0 saturated carbocycles. The average molecular weight is 335 g/mol. The van der Waals surface area contributed by atoms with Gasteiger partial charge in [-0.15, -0.1) is 0 Å². The summed E-state index contributed by atoms with van der Waals surface area (Å²) in [6.45, 7) is 0. The molecule has 0 unspecified atom stereocenters. The number of hydrogen-bond donors (Lipinski definition) is 0. The molecule has 0 N–H and O–H groups in total. The zero-order chi connectivity index (χ0) is 7.52. The molecule has 0 fully saturated rings. The van der Waals surface area contributed by atoms with Gasteiger partial charge in [0.2, 0.25) is 0 Å². The molecule has 2 aromatic rings. The molecule has 0 aliphatic carbocycles. The molecule has 4 nitrogen and oxygen atoms in total.